The lowest BCUT2D eigenvalue weighted by molar-refractivity contribution is -0.147. The molecule has 0 unspecified atom stereocenters. The molecule has 20 heavy (non-hydrogen) atoms. The lowest BCUT2D eigenvalue weighted by atomic mass is 9.98. The summed E-state index contributed by atoms with van der Waals surface area (Å²) in [6.45, 7) is 0.491. The zero-order valence-electron chi connectivity index (χ0n) is 11.2. The van der Waals surface area contributed by atoms with Crippen molar-refractivity contribution < 1.29 is 17.9 Å². The summed E-state index contributed by atoms with van der Waals surface area (Å²) in [5, 5.41) is 0.594. The minimum atomic E-state index is -4.34. The Bertz CT molecular complexity index is 577. The van der Waals surface area contributed by atoms with Crippen LogP contribution in [0.15, 0.2) is 30.5 Å². The van der Waals surface area contributed by atoms with Crippen molar-refractivity contribution >= 4 is 10.9 Å². The number of methoxy groups -OCH3 is 1. The molecule has 0 aliphatic carbocycles. The Morgan fingerprint density at radius 2 is 2.00 bits per heavy atom. The maximum atomic E-state index is 13.1. The number of fused-ring (bicyclic) bond motifs is 1. The van der Waals surface area contributed by atoms with Gasteiger partial charge in [-0.1, -0.05) is 18.2 Å². The van der Waals surface area contributed by atoms with Gasteiger partial charge in [-0.2, -0.15) is 13.2 Å². The lowest BCUT2D eigenvalue weighted by Gasteiger charge is -2.17. The first-order chi connectivity index (χ1) is 9.49. The Morgan fingerprint density at radius 3 is 2.60 bits per heavy atom. The number of nitrogens with two attached hydrogens (primary N) is 1. The molecule has 6 heteroatoms. The van der Waals surface area contributed by atoms with Crippen molar-refractivity contribution in [3.8, 4) is 0 Å². The normalized spacial score (nSPS) is 13.8. The molecule has 2 N–H and O–H groups in total. The average Bonchev–Trinajstić information content (AvgIpc) is 2.75. The van der Waals surface area contributed by atoms with E-state index in [0.717, 1.165) is 5.52 Å². The second kappa shape index (κ2) is 5.85. The van der Waals surface area contributed by atoms with Gasteiger partial charge in [-0.25, -0.2) is 0 Å². The first kappa shape index (κ1) is 14.9. The van der Waals surface area contributed by atoms with Crippen molar-refractivity contribution in [1.82, 2.24) is 4.57 Å². The first-order valence-electron chi connectivity index (χ1n) is 6.32. The highest BCUT2D eigenvalue weighted by Gasteiger charge is 2.41. The molecule has 1 aromatic carbocycles. The van der Waals surface area contributed by atoms with Crippen LogP contribution in [0.5, 0.6) is 0 Å². The standard InChI is InChI=1S/C14H17F3N2O/c1-20-7-6-19-9-11(12(8-18)14(15,16)17)10-4-2-3-5-13(10)19/h2-5,9,12H,6-8,18H2,1H3/t12-/m0/s1. The first-order valence-corrected chi connectivity index (χ1v) is 6.32. The van der Waals surface area contributed by atoms with Crippen molar-refractivity contribution in [3.05, 3.63) is 36.0 Å². The summed E-state index contributed by atoms with van der Waals surface area (Å²) in [7, 11) is 1.56. The third kappa shape index (κ3) is 2.81. The van der Waals surface area contributed by atoms with Crippen LogP contribution in [0.25, 0.3) is 10.9 Å². The highest BCUT2D eigenvalue weighted by atomic mass is 19.4. The topological polar surface area (TPSA) is 40.2 Å². The zero-order chi connectivity index (χ0) is 14.8. The Morgan fingerprint density at radius 1 is 1.30 bits per heavy atom. The van der Waals surface area contributed by atoms with Crippen molar-refractivity contribution in [3.63, 3.8) is 0 Å². The Hall–Kier alpha value is -1.53. The number of hydrogen-bond acceptors (Lipinski definition) is 2. The number of rotatable bonds is 5. The van der Waals surface area contributed by atoms with Crippen LogP contribution in [0, 0.1) is 0 Å². The van der Waals surface area contributed by atoms with E-state index < -0.39 is 18.6 Å². The SMILES string of the molecule is COCCn1cc([C@H](CN)C(F)(F)F)c2ccccc21. The van der Waals surface area contributed by atoms with Crippen LogP contribution in [0.3, 0.4) is 0 Å². The van der Waals surface area contributed by atoms with E-state index in [-0.39, 0.29) is 5.56 Å². The summed E-state index contributed by atoms with van der Waals surface area (Å²) in [6.07, 6.45) is -2.81. The van der Waals surface area contributed by atoms with Gasteiger partial charge in [0, 0.05) is 37.3 Å². The Kier molecular flexibility index (Phi) is 4.35. The maximum absolute atomic E-state index is 13.1. The van der Waals surface area contributed by atoms with Gasteiger partial charge < -0.3 is 15.0 Å². The number of alkyl halides is 3. The summed E-state index contributed by atoms with van der Waals surface area (Å²) in [5.41, 5.74) is 6.33. The number of halogens is 3. The number of hydrogen-bond donors (Lipinski definition) is 1. The number of aromatic nitrogens is 1. The smallest absolute Gasteiger partial charge is 0.383 e. The third-order valence-electron chi connectivity index (χ3n) is 3.36. The number of ether oxygens (including phenoxy) is 1. The van der Waals surface area contributed by atoms with E-state index in [0.29, 0.717) is 18.5 Å². The minimum absolute atomic E-state index is 0.228. The molecule has 2 aromatic rings. The quantitative estimate of drug-likeness (QED) is 0.918. The van der Waals surface area contributed by atoms with Crippen LogP contribution in [0.1, 0.15) is 11.5 Å². The molecular formula is C14H17F3N2O. The van der Waals surface area contributed by atoms with E-state index in [9.17, 15) is 13.2 Å². The van der Waals surface area contributed by atoms with Crippen LogP contribution in [0.4, 0.5) is 13.2 Å². The molecule has 0 fully saturated rings. The Balaban J connectivity index is 2.53. The largest absolute Gasteiger partial charge is 0.397 e. The van der Waals surface area contributed by atoms with E-state index >= 15 is 0 Å². The summed E-state index contributed by atoms with van der Waals surface area (Å²) in [6, 6.07) is 7.04. The minimum Gasteiger partial charge on any atom is -0.383 e. The van der Waals surface area contributed by atoms with Gasteiger partial charge >= 0.3 is 6.18 Å². The summed E-state index contributed by atoms with van der Waals surface area (Å²) >= 11 is 0. The van der Waals surface area contributed by atoms with Gasteiger partial charge in [0.2, 0.25) is 0 Å². The van der Waals surface area contributed by atoms with Crippen molar-refractivity contribution in [1.29, 1.82) is 0 Å². The molecule has 0 radical (unpaired) electrons. The number of nitrogens with zero attached hydrogens (tertiary/aromatic N) is 1. The fourth-order valence-corrected chi connectivity index (χ4v) is 2.36. The molecule has 3 nitrogen and oxygen atoms in total. The maximum Gasteiger partial charge on any atom is 0.397 e. The predicted molar refractivity (Wildman–Crippen MR) is 71.7 cm³/mol. The highest BCUT2D eigenvalue weighted by molar-refractivity contribution is 5.84. The van der Waals surface area contributed by atoms with Gasteiger partial charge in [0.1, 0.15) is 0 Å². The summed E-state index contributed by atoms with van der Waals surface area (Å²) in [5.74, 6) is -1.64. The monoisotopic (exact) mass is 286 g/mol. The van der Waals surface area contributed by atoms with Crippen molar-refractivity contribution in [2.24, 2.45) is 5.73 Å². The molecular weight excluding hydrogens is 269 g/mol. The van der Waals surface area contributed by atoms with E-state index in [4.69, 9.17) is 10.5 Å². The molecule has 110 valence electrons. The van der Waals surface area contributed by atoms with Crippen LogP contribution in [-0.2, 0) is 11.3 Å². The van der Waals surface area contributed by atoms with Crippen LogP contribution in [0.2, 0.25) is 0 Å². The molecule has 1 aromatic heterocycles. The molecule has 0 spiro atoms. The lowest BCUT2D eigenvalue weighted by Crippen LogP contribution is -2.27. The molecule has 1 atom stereocenters. The third-order valence-corrected chi connectivity index (χ3v) is 3.36. The molecule has 0 saturated heterocycles. The van der Waals surface area contributed by atoms with Crippen LogP contribution < -0.4 is 5.73 Å². The molecule has 0 aliphatic rings. The molecule has 0 aliphatic heterocycles. The molecule has 0 bridgehead atoms. The van der Waals surface area contributed by atoms with Gasteiger partial charge in [0.05, 0.1) is 12.5 Å². The van der Waals surface area contributed by atoms with Gasteiger partial charge in [-0.05, 0) is 11.6 Å². The summed E-state index contributed by atoms with van der Waals surface area (Å²) < 4.78 is 46.0. The van der Waals surface area contributed by atoms with Gasteiger partial charge in [-0.3, -0.25) is 0 Å². The average molecular weight is 286 g/mol. The predicted octanol–water partition coefficient (Wildman–Crippen LogP) is 2.89. The van der Waals surface area contributed by atoms with Gasteiger partial charge in [0.15, 0.2) is 0 Å². The number of para-hydroxylation sites is 1. The van der Waals surface area contributed by atoms with E-state index in [2.05, 4.69) is 0 Å². The fraction of sp³-hybridized carbons (Fsp3) is 0.429. The van der Waals surface area contributed by atoms with E-state index in [1.54, 1.807) is 35.9 Å². The van der Waals surface area contributed by atoms with Crippen molar-refractivity contribution in [2.75, 3.05) is 20.3 Å². The molecule has 0 amide bonds. The zero-order valence-corrected chi connectivity index (χ0v) is 11.2. The van der Waals surface area contributed by atoms with Crippen molar-refractivity contribution in [2.45, 2.75) is 18.6 Å². The van der Waals surface area contributed by atoms with Gasteiger partial charge in [-0.15, -0.1) is 0 Å². The van der Waals surface area contributed by atoms with Gasteiger partial charge in [0.25, 0.3) is 0 Å². The van der Waals surface area contributed by atoms with E-state index in [1.165, 1.54) is 6.20 Å². The molecule has 1 heterocycles. The summed E-state index contributed by atoms with van der Waals surface area (Å²) in [4.78, 5) is 0. The second-order valence-electron chi connectivity index (χ2n) is 4.62. The fourth-order valence-electron chi connectivity index (χ4n) is 2.36. The number of benzene rings is 1. The molecule has 2 rings (SSSR count). The van der Waals surface area contributed by atoms with Crippen LogP contribution in [-0.4, -0.2) is 31.0 Å². The highest BCUT2D eigenvalue weighted by Crippen LogP contribution is 2.38. The van der Waals surface area contributed by atoms with Crippen LogP contribution >= 0.6 is 0 Å². The second-order valence-corrected chi connectivity index (χ2v) is 4.62. The molecule has 0 saturated carbocycles. The Labute approximate surface area is 115 Å². The van der Waals surface area contributed by atoms with E-state index in [1.807, 2.05) is 0 Å².